The lowest BCUT2D eigenvalue weighted by Gasteiger charge is -2.09. The summed E-state index contributed by atoms with van der Waals surface area (Å²) in [5.41, 5.74) is 0.752. The molecule has 23 heavy (non-hydrogen) atoms. The van der Waals surface area contributed by atoms with E-state index in [1.54, 1.807) is 36.9 Å². The van der Waals surface area contributed by atoms with Crippen molar-refractivity contribution in [1.29, 1.82) is 5.26 Å². The Kier molecular flexibility index (Phi) is 3.54. The Morgan fingerprint density at radius 1 is 1.30 bits per heavy atom. The van der Waals surface area contributed by atoms with Gasteiger partial charge in [0.05, 0.1) is 23.5 Å². The molecule has 0 saturated heterocycles. The Morgan fingerprint density at radius 3 is 2.74 bits per heavy atom. The molecule has 0 N–H and O–H groups in total. The van der Waals surface area contributed by atoms with Crippen molar-refractivity contribution in [2.45, 2.75) is 6.54 Å². The molecule has 0 fully saturated rings. The molecule has 116 valence electrons. The number of aryl methyl sites for hydroxylation is 2. The van der Waals surface area contributed by atoms with Crippen molar-refractivity contribution >= 4 is 22.8 Å². The minimum Gasteiger partial charge on any atom is -0.328 e. The van der Waals surface area contributed by atoms with Crippen LogP contribution in [0.3, 0.4) is 0 Å². The van der Waals surface area contributed by atoms with E-state index in [1.807, 2.05) is 6.07 Å². The third-order valence-corrected chi connectivity index (χ3v) is 4.02. The smallest absolute Gasteiger partial charge is 0.328 e. The van der Waals surface area contributed by atoms with Gasteiger partial charge >= 0.3 is 5.69 Å². The number of hydrogen-bond acceptors (Lipinski definition) is 4. The van der Waals surface area contributed by atoms with Crippen molar-refractivity contribution in [1.82, 2.24) is 18.7 Å². The van der Waals surface area contributed by atoms with E-state index in [9.17, 15) is 9.59 Å². The molecule has 0 aliphatic rings. The second kappa shape index (κ2) is 5.41. The van der Waals surface area contributed by atoms with Crippen LogP contribution in [0.15, 0.2) is 34.1 Å². The average molecular weight is 330 g/mol. The van der Waals surface area contributed by atoms with Gasteiger partial charge in [0.2, 0.25) is 0 Å². The fraction of sp³-hybridized carbons (Fsp3) is 0.200. The van der Waals surface area contributed by atoms with Crippen LogP contribution in [0.5, 0.6) is 0 Å². The number of halogens is 1. The Morgan fingerprint density at radius 2 is 2.04 bits per heavy atom. The maximum atomic E-state index is 12.6. The van der Waals surface area contributed by atoms with Crippen molar-refractivity contribution in [2.75, 3.05) is 0 Å². The molecule has 2 aromatic heterocycles. The summed E-state index contributed by atoms with van der Waals surface area (Å²) in [4.78, 5) is 29.1. The van der Waals surface area contributed by atoms with Crippen LogP contribution in [0, 0.1) is 11.3 Å². The maximum absolute atomic E-state index is 12.6. The molecule has 0 spiro atoms. The fourth-order valence-electron chi connectivity index (χ4n) is 2.47. The molecule has 2 heterocycles. The molecule has 8 heteroatoms. The number of rotatable bonds is 2. The van der Waals surface area contributed by atoms with Gasteiger partial charge in [-0.25, -0.2) is 9.78 Å². The summed E-state index contributed by atoms with van der Waals surface area (Å²) in [5, 5.41) is 9.36. The van der Waals surface area contributed by atoms with Crippen LogP contribution < -0.4 is 11.2 Å². The quantitative estimate of drug-likeness (QED) is 0.702. The molecule has 0 aliphatic carbocycles. The highest BCUT2D eigenvalue weighted by Gasteiger charge is 2.15. The topological polar surface area (TPSA) is 85.6 Å². The summed E-state index contributed by atoms with van der Waals surface area (Å²) in [5.74, 6) is 0. The van der Waals surface area contributed by atoms with E-state index in [0.29, 0.717) is 27.3 Å². The first kappa shape index (κ1) is 15.1. The third-order valence-electron chi connectivity index (χ3n) is 3.69. The number of nitrogens with zero attached hydrogens (tertiary/aromatic N) is 5. The van der Waals surface area contributed by atoms with E-state index in [0.717, 1.165) is 4.57 Å². The van der Waals surface area contributed by atoms with Crippen LogP contribution >= 0.6 is 11.6 Å². The van der Waals surface area contributed by atoms with E-state index in [1.165, 1.54) is 10.9 Å². The highest BCUT2D eigenvalue weighted by molar-refractivity contribution is 6.31. The minimum atomic E-state index is -0.463. The predicted octanol–water partition coefficient (Wildman–Crippen LogP) is 1.01. The van der Waals surface area contributed by atoms with Gasteiger partial charge in [0.1, 0.15) is 6.07 Å². The van der Waals surface area contributed by atoms with Gasteiger partial charge in [0.25, 0.3) is 5.56 Å². The average Bonchev–Trinajstić information content (AvgIpc) is 2.93. The zero-order valence-electron chi connectivity index (χ0n) is 12.4. The van der Waals surface area contributed by atoms with Crippen LogP contribution in [0.1, 0.15) is 11.1 Å². The second-order valence-electron chi connectivity index (χ2n) is 5.19. The zero-order valence-corrected chi connectivity index (χ0v) is 13.2. The SMILES string of the molecule is Cn1cnc2c1c(=O)n(Cc1ccc(Cl)c(C#N)c1)c(=O)n2C. The van der Waals surface area contributed by atoms with Gasteiger partial charge < -0.3 is 4.57 Å². The molecular formula is C15H12ClN5O2. The first-order valence-electron chi connectivity index (χ1n) is 6.73. The summed E-state index contributed by atoms with van der Waals surface area (Å²) in [6, 6.07) is 6.81. The maximum Gasteiger partial charge on any atom is 0.332 e. The minimum absolute atomic E-state index is 0.0540. The van der Waals surface area contributed by atoms with Crippen LogP contribution in [0.25, 0.3) is 11.2 Å². The van der Waals surface area contributed by atoms with Crippen LogP contribution in [0.2, 0.25) is 5.02 Å². The molecule has 0 bridgehead atoms. The standard InChI is InChI=1S/C15H12ClN5O2/c1-19-8-18-13-12(19)14(22)21(15(23)20(13)2)7-9-3-4-11(16)10(5-9)6-17/h3-5,8H,7H2,1-2H3. The molecule has 0 aliphatic heterocycles. The second-order valence-corrected chi connectivity index (χ2v) is 5.59. The lowest BCUT2D eigenvalue weighted by molar-refractivity contribution is 0.655. The highest BCUT2D eigenvalue weighted by atomic mass is 35.5. The van der Waals surface area contributed by atoms with Crippen molar-refractivity contribution in [3.63, 3.8) is 0 Å². The molecule has 7 nitrogen and oxygen atoms in total. The highest BCUT2D eigenvalue weighted by Crippen LogP contribution is 2.17. The number of fused-ring (bicyclic) bond motifs is 1. The van der Waals surface area contributed by atoms with E-state index in [-0.39, 0.29) is 6.54 Å². The summed E-state index contributed by atoms with van der Waals surface area (Å²) < 4.78 is 4.03. The molecule has 0 atom stereocenters. The first-order chi connectivity index (χ1) is 10.9. The monoisotopic (exact) mass is 329 g/mol. The molecule has 3 rings (SSSR count). The molecule has 3 aromatic rings. The number of imidazole rings is 1. The third kappa shape index (κ3) is 2.33. The van der Waals surface area contributed by atoms with Crippen molar-refractivity contribution in [3.05, 3.63) is 61.5 Å². The largest absolute Gasteiger partial charge is 0.332 e. The van der Waals surface area contributed by atoms with E-state index >= 15 is 0 Å². The summed E-state index contributed by atoms with van der Waals surface area (Å²) >= 11 is 5.90. The van der Waals surface area contributed by atoms with Crippen LogP contribution in [0.4, 0.5) is 0 Å². The van der Waals surface area contributed by atoms with E-state index in [2.05, 4.69) is 4.98 Å². The van der Waals surface area contributed by atoms with Crippen molar-refractivity contribution < 1.29 is 0 Å². The molecule has 0 radical (unpaired) electrons. The summed E-state index contributed by atoms with van der Waals surface area (Å²) in [7, 11) is 3.26. The normalized spacial score (nSPS) is 10.9. The Labute approximate surface area is 135 Å². The Balaban J connectivity index is 2.22. The Bertz CT molecular complexity index is 1080. The molecule has 0 unspecified atom stereocenters. The number of aromatic nitrogens is 4. The van der Waals surface area contributed by atoms with Gasteiger partial charge in [-0.05, 0) is 17.7 Å². The lowest BCUT2D eigenvalue weighted by Crippen LogP contribution is -2.39. The predicted molar refractivity (Wildman–Crippen MR) is 85.5 cm³/mol. The number of nitriles is 1. The number of benzene rings is 1. The van der Waals surface area contributed by atoms with Gasteiger partial charge in [-0.1, -0.05) is 17.7 Å². The molecule has 1 aromatic carbocycles. The zero-order chi connectivity index (χ0) is 16.7. The fourth-order valence-corrected chi connectivity index (χ4v) is 2.63. The molecular weight excluding hydrogens is 318 g/mol. The van der Waals surface area contributed by atoms with Gasteiger partial charge in [-0.2, -0.15) is 5.26 Å². The molecule has 0 amide bonds. The van der Waals surface area contributed by atoms with Gasteiger partial charge in [0, 0.05) is 14.1 Å². The van der Waals surface area contributed by atoms with Crippen molar-refractivity contribution in [2.24, 2.45) is 14.1 Å². The number of hydrogen-bond donors (Lipinski definition) is 0. The van der Waals surface area contributed by atoms with Gasteiger partial charge in [0.15, 0.2) is 11.2 Å². The lowest BCUT2D eigenvalue weighted by atomic mass is 10.1. The Hall–Kier alpha value is -2.85. The summed E-state index contributed by atoms with van der Waals surface area (Å²) in [6.07, 6.45) is 1.49. The van der Waals surface area contributed by atoms with E-state index < -0.39 is 11.2 Å². The van der Waals surface area contributed by atoms with Crippen LogP contribution in [-0.2, 0) is 20.6 Å². The molecule has 0 saturated carbocycles. The van der Waals surface area contributed by atoms with Crippen molar-refractivity contribution in [3.8, 4) is 6.07 Å². The van der Waals surface area contributed by atoms with Crippen LogP contribution in [-0.4, -0.2) is 18.7 Å². The first-order valence-corrected chi connectivity index (χ1v) is 7.11. The van der Waals surface area contributed by atoms with E-state index in [4.69, 9.17) is 16.9 Å². The van der Waals surface area contributed by atoms with Gasteiger partial charge in [-0.15, -0.1) is 0 Å². The summed E-state index contributed by atoms with van der Waals surface area (Å²) in [6.45, 7) is 0.0540. The van der Waals surface area contributed by atoms with Gasteiger partial charge in [-0.3, -0.25) is 13.9 Å².